The molecule has 94 valence electrons. The van der Waals surface area contributed by atoms with E-state index in [0.29, 0.717) is 11.3 Å². The SMILES string of the molecule is COC(=O)Cc1nc2ccc(C(=O)O)cn2c1N. The fraction of sp³-hybridized carbons (Fsp3) is 0.182. The van der Waals surface area contributed by atoms with Crippen LogP contribution in [0.2, 0.25) is 0 Å². The average molecular weight is 249 g/mol. The molecule has 0 atom stereocenters. The van der Waals surface area contributed by atoms with Crippen LogP contribution in [-0.4, -0.2) is 33.5 Å². The molecule has 2 aromatic rings. The molecule has 0 saturated carbocycles. The van der Waals surface area contributed by atoms with Gasteiger partial charge in [0.25, 0.3) is 0 Å². The number of carbonyl (C=O) groups is 2. The Morgan fingerprint density at radius 2 is 2.22 bits per heavy atom. The van der Waals surface area contributed by atoms with Crippen molar-refractivity contribution in [1.82, 2.24) is 9.38 Å². The Morgan fingerprint density at radius 3 is 2.83 bits per heavy atom. The summed E-state index contributed by atoms with van der Waals surface area (Å²) in [4.78, 5) is 26.1. The number of nitrogen functional groups attached to an aromatic ring is 1. The van der Waals surface area contributed by atoms with Crippen LogP contribution in [0.5, 0.6) is 0 Å². The van der Waals surface area contributed by atoms with Crippen LogP contribution in [0.3, 0.4) is 0 Å². The van der Waals surface area contributed by atoms with Gasteiger partial charge in [-0.3, -0.25) is 9.20 Å². The van der Waals surface area contributed by atoms with E-state index in [0.717, 1.165) is 0 Å². The lowest BCUT2D eigenvalue weighted by Crippen LogP contribution is -2.07. The molecule has 0 saturated heterocycles. The van der Waals surface area contributed by atoms with Gasteiger partial charge in [0.15, 0.2) is 0 Å². The number of carbonyl (C=O) groups excluding carboxylic acids is 1. The monoisotopic (exact) mass is 249 g/mol. The highest BCUT2D eigenvalue weighted by molar-refractivity contribution is 5.87. The molecule has 7 nitrogen and oxygen atoms in total. The standard InChI is InChI=1S/C11H11N3O4/c1-18-9(15)4-7-10(12)14-5-6(11(16)17)2-3-8(14)13-7/h2-3,5H,4,12H2,1H3,(H,16,17). The first-order chi connectivity index (χ1) is 8.52. The van der Waals surface area contributed by atoms with Gasteiger partial charge in [0.2, 0.25) is 0 Å². The molecule has 2 aromatic heterocycles. The van der Waals surface area contributed by atoms with Crippen molar-refractivity contribution in [3.63, 3.8) is 0 Å². The van der Waals surface area contributed by atoms with Crippen molar-refractivity contribution in [3.05, 3.63) is 29.6 Å². The Balaban J connectivity index is 2.49. The summed E-state index contributed by atoms with van der Waals surface area (Å²) in [7, 11) is 1.27. The van der Waals surface area contributed by atoms with Crippen LogP contribution in [0.4, 0.5) is 5.82 Å². The number of esters is 1. The number of pyridine rings is 1. The van der Waals surface area contributed by atoms with E-state index in [1.54, 1.807) is 0 Å². The number of rotatable bonds is 3. The largest absolute Gasteiger partial charge is 0.478 e. The minimum absolute atomic E-state index is 0.0492. The first kappa shape index (κ1) is 11.9. The molecular formula is C11H11N3O4. The summed E-state index contributed by atoms with van der Waals surface area (Å²) in [6.07, 6.45) is 1.31. The number of nitrogens with two attached hydrogens (primary N) is 1. The van der Waals surface area contributed by atoms with E-state index >= 15 is 0 Å². The number of imidazole rings is 1. The maximum atomic E-state index is 11.2. The molecule has 0 spiro atoms. The Hall–Kier alpha value is -2.57. The molecule has 0 amide bonds. The Labute approximate surface area is 102 Å². The van der Waals surface area contributed by atoms with Gasteiger partial charge in [-0.05, 0) is 12.1 Å². The van der Waals surface area contributed by atoms with Gasteiger partial charge in [-0.2, -0.15) is 0 Å². The van der Waals surface area contributed by atoms with Crippen LogP contribution in [0.15, 0.2) is 18.3 Å². The topological polar surface area (TPSA) is 107 Å². The zero-order chi connectivity index (χ0) is 13.3. The van der Waals surface area contributed by atoms with E-state index in [-0.39, 0.29) is 17.8 Å². The van der Waals surface area contributed by atoms with Gasteiger partial charge in [-0.25, -0.2) is 9.78 Å². The minimum atomic E-state index is -1.06. The number of aromatic nitrogens is 2. The highest BCUT2D eigenvalue weighted by Gasteiger charge is 2.14. The number of aromatic carboxylic acids is 1. The van der Waals surface area contributed by atoms with Crippen molar-refractivity contribution in [1.29, 1.82) is 0 Å². The quantitative estimate of drug-likeness (QED) is 0.759. The molecule has 0 aromatic carbocycles. The van der Waals surface area contributed by atoms with Crippen LogP contribution in [0.25, 0.3) is 5.65 Å². The summed E-state index contributed by atoms with van der Waals surface area (Å²) >= 11 is 0. The zero-order valence-electron chi connectivity index (χ0n) is 9.58. The third-order valence-corrected chi connectivity index (χ3v) is 2.52. The van der Waals surface area contributed by atoms with E-state index in [4.69, 9.17) is 10.8 Å². The Bertz CT molecular complexity index is 632. The van der Waals surface area contributed by atoms with E-state index in [1.807, 2.05) is 0 Å². The Morgan fingerprint density at radius 1 is 1.50 bits per heavy atom. The molecule has 0 aliphatic carbocycles. The summed E-state index contributed by atoms with van der Waals surface area (Å²) in [6.45, 7) is 0. The molecule has 0 aliphatic rings. The Kier molecular flexibility index (Phi) is 2.88. The third-order valence-electron chi connectivity index (χ3n) is 2.52. The molecular weight excluding hydrogens is 238 g/mol. The van der Waals surface area contributed by atoms with E-state index in [9.17, 15) is 9.59 Å². The van der Waals surface area contributed by atoms with Crippen LogP contribution in [0, 0.1) is 0 Å². The fourth-order valence-corrected chi connectivity index (χ4v) is 1.58. The van der Waals surface area contributed by atoms with Gasteiger partial charge in [0, 0.05) is 6.20 Å². The fourth-order valence-electron chi connectivity index (χ4n) is 1.58. The van der Waals surface area contributed by atoms with Gasteiger partial charge in [0.05, 0.1) is 24.8 Å². The minimum Gasteiger partial charge on any atom is -0.478 e. The first-order valence-electron chi connectivity index (χ1n) is 5.09. The van der Waals surface area contributed by atoms with Crippen molar-refractivity contribution < 1.29 is 19.4 Å². The van der Waals surface area contributed by atoms with Gasteiger partial charge >= 0.3 is 11.9 Å². The van der Waals surface area contributed by atoms with Crippen LogP contribution >= 0.6 is 0 Å². The summed E-state index contributed by atoms with van der Waals surface area (Å²) in [6, 6.07) is 2.95. The summed E-state index contributed by atoms with van der Waals surface area (Å²) < 4.78 is 5.96. The average Bonchev–Trinajstić information content (AvgIpc) is 2.66. The molecule has 2 rings (SSSR count). The van der Waals surface area contributed by atoms with Gasteiger partial charge in [-0.1, -0.05) is 0 Å². The van der Waals surface area contributed by atoms with Crippen molar-refractivity contribution >= 4 is 23.4 Å². The predicted octanol–water partition coefficient (Wildman–Crippen LogP) is 0.330. The van der Waals surface area contributed by atoms with Crippen LogP contribution in [0.1, 0.15) is 16.1 Å². The molecule has 2 heterocycles. The normalized spacial score (nSPS) is 10.5. The third kappa shape index (κ3) is 1.97. The van der Waals surface area contributed by atoms with Crippen LogP contribution < -0.4 is 5.73 Å². The molecule has 3 N–H and O–H groups in total. The first-order valence-corrected chi connectivity index (χ1v) is 5.09. The second kappa shape index (κ2) is 4.36. The highest BCUT2D eigenvalue weighted by atomic mass is 16.5. The number of fused-ring (bicyclic) bond motifs is 1. The second-order valence-corrected chi connectivity index (χ2v) is 3.65. The smallest absolute Gasteiger partial charge is 0.337 e. The number of nitrogens with zero attached hydrogens (tertiary/aromatic N) is 2. The number of hydrogen-bond donors (Lipinski definition) is 2. The predicted molar refractivity (Wildman–Crippen MR) is 62.3 cm³/mol. The molecule has 0 unspecified atom stereocenters. The highest BCUT2D eigenvalue weighted by Crippen LogP contribution is 2.17. The van der Waals surface area contributed by atoms with Crippen molar-refractivity contribution in [3.8, 4) is 0 Å². The molecule has 0 radical (unpaired) electrons. The number of hydrogen-bond acceptors (Lipinski definition) is 5. The molecule has 0 bridgehead atoms. The summed E-state index contributed by atoms with van der Waals surface area (Å²) in [5, 5.41) is 8.88. The summed E-state index contributed by atoms with van der Waals surface area (Å²) in [5.74, 6) is -1.28. The van der Waals surface area contributed by atoms with E-state index in [1.165, 1.54) is 29.8 Å². The van der Waals surface area contributed by atoms with Gasteiger partial charge in [-0.15, -0.1) is 0 Å². The van der Waals surface area contributed by atoms with Crippen molar-refractivity contribution in [2.45, 2.75) is 6.42 Å². The van der Waals surface area contributed by atoms with Gasteiger partial charge < -0.3 is 15.6 Å². The second-order valence-electron chi connectivity index (χ2n) is 3.65. The summed E-state index contributed by atoms with van der Waals surface area (Å²) in [5.41, 5.74) is 6.75. The number of anilines is 1. The maximum absolute atomic E-state index is 11.2. The molecule has 7 heteroatoms. The van der Waals surface area contributed by atoms with E-state index < -0.39 is 11.9 Å². The van der Waals surface area contributed by atoms with Crippen molar-refractivity contribution in [2.24, 2.45) is 0 Å². The lowest BCUT2D eigenvalue weighted by molar-refractivity contribution is -0.139. The number of carboxylic acids is 1. The maximum Gasteiger partial charge on any atom is 0.337 e. The van der Waals surface area contributed by atoms with Crippen molar-refractivity contribution in [2.75, 3.05) is 12.8 Å². The zero-order valence-corrected chi connectivity index (χ0v) is 9.58. The number of methoxy groups -OCH3 is 1. The molecule has 18 heavy (non-hydrogen) atoms. The lowest BCUT2D eigenvalue weighted by Gasteiger charge is -1.99. The number of carboxylic acid groups (broad SMARTS) is 1. The van der Waals surface area contributed by atoms with Gasteiger partial charge in [0.1, 0.15) is 11.5 Å². The van der Waals surface area contributed by atoms with Crippen LogP contribution in [-0.2, 0) is 16.0 Å². The molecule has 0 fully saturated rings. The number of ether oxygens (including phenoxy) is 1. The lowest BCUT2D eigenvalue weighted by atomic mass is 10.3. The van der Waals surface area contributed by atoms with E-state index in [2.05, 4.69) is 9.72 Å². The molecule has 0 aliphatic heterocycles.